The maximum Gasteiger partial charge on any atom is 0.283 e. The number of benzene rings is 2. The fourth-order valence-corrected chi connectivity index (χ4v) is 3.12. The Kier molecular flexibility index (Phi) is 4.80. The Morgan fingerprint density at radius 1 is 1.25 bits per heavy atom. The minimum Gasteiger partial charge on any atom is -0.389 e. The molecule has 104 valence electrons. The van der Waals surface area contributed by atoms with E-state index >= 15 is 0 Å². The van der Waals surface area contributed by atoms with Gasteiger partial charge in [0.2, 0.25) is 0 Å². The molecule has 0 spiro atoms. The molecule has 20 heavy (non-hydrogen) atoms. The van der Waals surface area contributed by atoms with E-state index in [2.05, 4.69) is 15.9 Å². The minimum absolute atomic E-state index is 0.00385. The van der Waals surface area contributed by atoms with Gasteiger partial charge in [-0.05, 0) is 46.6 Å². The van der Waals surface area contributed by atoms with E-state index in [-0.39, 0.29) is 5.69 Å². The highest BCUT2D eigenvalue weighted by molar-refractivity contribution is 9.10. The van der Waals surface area contributed by atoms with Gasteiger partial charge in [-0.2, -0.15) is 0 Å². The number of halogens is 1. The molecule has 0 saturated heterocycles. The molecule has 2 rings (SSSR count). The van der Waals surface area contributed by atoms with Gasteiger partial charge in [-0.15, -0.1) is 0 Å². The third kappa shape index (κ3) is 3.39. The Bertz CT molecular complexity index is 646. The summed E-state index contributed by atoms with van der Waals surface area (Å²) in [5.74, 6) is 0. The predicted molar refractivity (Wildman–Crippen MR) is 82.0 cm³/mol. The van der Waals surface area contributed by atoms with E-state index in [9.17, 15) is 15.2 Å². The van der Waals surface area contributed by atoms with Crippen LogP contribution in [0.1, 0.15) is 18.6 Å². The summed E-state index contributed by atoms with van der Waals surface area (Å²) in [5, 5.41) is 20.7. The second-order valence-corrected chi connectivity index (χ2v) is 6.13. The molecule has 0 heterocycles. The molecule has 0 bridgehead atoms. The maximum absolute atomic E-state index is 11.2. The molecule has 0 aliphatic rings. The highest BCUT2D eigenvalue weighted by atomic mass is 79.9. The van der Waals surface area contributed by atoms with E-state index in [0.717, 1.165) is 9.37 Å². The van der Waals surface area contributed by atoms with E-state index in [4.69, 9.17) is 0 Å². The molecule has 2 aromatic carbocycles. The number of hydrogen-bond acceptors (Lipinski definition) is 4. The number of hydrogen-bond donors (Lipinski definition) is 1. The van der Waals surface area contributed by atoms with Gasteiger partial charge in [0, 0.05) is 15.4 Å². The summed E-state index contributed by atoms with van der Waals surface area (Å²) in [6.45, 7) is 1.58. The van der Waals surface area contributed by atoms with Gasteiger partial charge in [0.1, 0.15) is 0 Å². The molecule has 0 aliphatic heterocycles. The van der Waals surface area contributed by atoms with Crippen LogP contribution in [0.4, 0.5) is 5.69 Å². The van der Waals surface area contributed by atoms with Crippen LogP contribution >= 0.6 is 27.7 Å². The van der Waals surface area contributed by atoms with Gasteiger partial charge in [-0.25, -0.2) is 0 Å². The van der Waals surface area contributed by atoms with Crippen molar-refractivity contribution in [2.75, 3.05) is 0 Å². The van der Waals surface area contributed by atoms with Crippen LogP contribution in [0.3, 0.4) is 0 Å². The van der Waals surface area contributed by atoms with Crippen LogP contribution in [0.2, 0.25) is 0 Å². The Labute approximate surface area is 129 Å². The number of rotatable bonds is 4. The van der Waals surface area contributed by atoms with Crippen LogP contribution in [-0.2, 0) is 0 Å². The van der Waals surface area contributed by atoms with Crippen molar-refractivity contribution in [2.24, 2.45) is 0 Å². The fraction of sp³-hybridized carbons (Fsp3) is 0.143. The largest absolute Gasteiger partial charge is 0.389 e. The first-order valence-electron chi connectivity index (χ1n) is 5.88. The number of aliphatic hydroxyl groups is 1. The SMILES string of the molecule is CC(O)c1ccc(Sc2ccccc2Br)c([N+](=O)[O-])c1. The number of nitrogens with zero attached hydrogens (tertiary/aromatic N) is 1. The van der Waals surface area contributed by atoms with Crippen LogP contribution < -0.4 is 0 Å². The van der Waals surface area contributed by atoms with Crippen LogP contribution in [0, 0.1) is 10.1 Å². The third-order valence-corrected chi connectivity index (χ3v) is 4.81. The van der Waals surface area contributed by atoms with Gasteiger partial charge in [-0.1, -0.05) is 30.0 Å². The van der Waals surface area contributed by atoms with Gasteiger partial charge < -0.3 is 5.11 Å². The average molecular weight is 354 g/mol. The van der Waals surface area contributed by atoms with E-state index in [1.165, 1.54) is 17.8 Å². The van der Waals surface area contributed by atoms with Crippen LogP contribution in [-0.4, -0.2) is 10.0 Å². The molecular formula is C14H12BrNO3S. The van der Waals surface area contributed by atoms with Gasteiger partial charge in [0.05, 0.1) is 15.9 Å². The molecule has 0 saturated carbocycles. The Hall–Kier alpha value is -1.37. The maximum atomic E-state index is 11.2. The van der Waals surface area contributed by atoms with E-state index in [0.29, 0.717) is 10.5 Å². The zero-order valence-corrected chi connectivity index (χ0v) is 13.0. The lowest BCUT2D eigenvalue weighted by Crippen LogP contribution is -1.96. The predicted octanol–water partition coefficient (Wildman–Crippen LogP) is 4.56. The number of nitro groups is 1. The summed E-state index contributed by atoms with van der Waals surface area (Å²) in [6.07, 6.45) is -0.726. The fourth-order valence-electron chi connectivity index (χ4n) is 1.67. The Balaban J connectivity index is 2.41. The zero-order valence-electron chi connectivity index (χ0n) is 10.6. The van der Waals surface area contributed by atoms with Gasteiger partial charge in [0.15, 0.2) is 0 Å². The summed E-state index contributed by atoms with van der Waals surface area (Å²) >= 11 is 4.74. The van der Waals surface area contributed by atoms with Crippen molar-refractivity contribution in [3.05, 3.63) is 62.6 Å². The number of nitro benzene ring substituents is 1. The van der Waals surface area contributed by atoms with Crippen molar-refractivity contribution in [2.45, 2.75) is 22.8 Å². The molecule has 1 unspecified atom stereocenters. The highest BCUT2D eigenvalue weighted by Gasteiger charge is 2.17. The topological polar surface area (TPSA) is 63.4 Å². The molecule has 1 atom stereocenters. The van der Waals surface area contributed by atoms with Crippen LogP contribution in [0.5, 0.6) is 0 Å². The molecule has 6 heteroatoms. The molecular weight excluding hydrogens is 342 g/mol. The lowest BCUT2D eigenvalue weighted by Gasteiger charge is -2.08. The second-order valence-electron chi connectivity index (χ2n) is 4.19. The molecule has 2 aromatic rings. The molecule has 0 amide bonds. The first kappa shape index (κ1) is 15.0. The first-order chi connectivity index (χ1) is 9.49. The summed E-state index contributed by atoms with van der Waals surface area (Å²) in [4.78, 5) is 12.2. The summed E-state index contributed by atoms with van der Waals surface area (Å²) in [7, 11) is 0. The Morgan fingerprint density at radius 2 is 1.95 bits per heavy atom. The average Bonchev–Trinajstić information content (AvgIpc) is 2.41. The number of aliphatic hydroxyl groups excluding tert-OH is 1. The monoisotopic (exact) mass is 353 g/mol. The van der Waals surface area contributed by atoms with Crippen molar-refractivity contribution in [3.8, 4) is 0 Å². The van der Waals surface area contributed by atoms with Crippen molar-refractivity contribution in [3.63, 3.8) is 0 Å². The van der Waals surface area contributed by atoms with Gasteiger partial charge >= 0.3 is 0 Å². The Morgan fingerprint density at radius 3 is 2.55 bits per heavy atom. The van der Waals surface area contributed by atoms with E-state index < -0.39 is 11.0 Å². The quantitative estimate of drug-likeness (QED) is 0.646. The van der Waals surface area contributed by atoms with E-state index in [1.807, 2.05) is 24.3 Å². The molecule has 0 aromatic heterocycles. The molecule has 4 nitrogen and oxygen atoms in total. The summed E-state index contributed by atoms with van der Waals surface area (Å²) < 4.78 is 0.888. The summed E-state index contributed by atoms with van der Waals surface area (Å²) in [5.41, 5.74) is 0.539. The normalized spacial score (nSPS) is 12.2. The van der Waals surface area contributed by atoms with Crippen molar-refractivity contribution >= 4 is 33.4 Å². The first-order valence-corrected chi connectivity index (χ1v) is 7.49. The van der Waals surface area contributed by atoms with Crippen LogP contribution in [0.15, 0.2) is 56.7 Å². The summed E-state index contributed by atoms with van der Waals surface area (Å²) in [6, 6.07) is 12.3. The zero-order chi connectivity index (χ0) is 14.7. The molecule has 0 aliphatic carbocycles. The lowest BCUT2D eigenvalue weighted by molar-refractivity contribution is -0.387. The van der Waals surface area contributed by atoms with Crippen molar-refractivity contribution < 1.29 is 10.0 Å². The smallest absolute Gasteiger partial charge is 0.283 e. The van der Waals surface area contributed by atoms with Gasteiger partial charge in [-0.3, -0.25) is 10.1 Å². The van der Waals surface area contributed by atoms with Crippen LogP contribution in [0.25, 0.3) is 0 Å². The molecule has 0 radical (unpaired) electrons. The van der Waals surface area contributed by atoms with Crippen molar-refractivity contribution in [1.29, 1.82) is 0 Å². The second kappa shape index (κ2) is 6.39. The minimum atomic E-state index is -0.726. The highest BCUT2D eigenvalue weighted by Crippen LogP contribution is 2.39. The third-order valence-electron chi connectivity index (χ3n) is 2.72. The lowest BCUT2D eigenvalue weighted by atomic mass is 10.1. The van der Waals surface area contributed by atoms with E-state index in [1.54, 1.807) is 19.1 Å². The van der Waals surface area contributed by atoms with Crippen molar-refractivity contribution in [1.82, 2.24) is 0 Å². The molecule has 0 fully saturated rings. The van der Waals surface area contributed by atoms with Gasteiger partial charge in [0.25, 0.3) is 5.69 Å². The molecule has 1 N–H and O–H groups in total. The standard InChI is InChI=1S/C14H12BrNO3S/c1-9(17)10-6-7-14(12(8-10)16(18)19)20-13-5-3-2-4-11(13)15/h2-9,17H,1H3.